The van der Waals surface area contributed by atoms with Crippen LogP contribution >= 0.6 is 23.2 Å². The third kappa shape index (κ3) is 1.74. The summed E-state index contributed by atoms with van der Waals surface area (Å²) in [7, 11) is 0. The number of aryl methyl sites for hydroxylation is 1. The zero-order valence-electron chi connectivity index (χ0n) is 8.50. The molecule has 0 unspecified atom stereocenters. The van der Waals surface area contributed by atoms with Gasteiger partial charge in [0, 0.05) is 0 Å². The van der Waals surface area contributed by atoms with Crippen LogP contribution in [-0.4, -0.2) is 11.7 Å². The molecule has 0 aromatic heterocycles. The summed E-state index contributed by atoms with van der Waals surface area (Å²) in [5.74, 6) is 0.0667. The molecule has 0 atom stereocenters. The van der Waals surface area contributed by atoms with Gasteiger partial charge < -0.3 is 5.73 Å². The summed E-state index contributed by atoms with van der Waals surface area (Å²) in [5.41, 5.74) is 6.79. The number of amidine groups is 1. The van der Waals surface area contributed by atoms with Gasteiger partial charge in [0.1, 0.15) is 5.84 Å². The standard InChI is InChI=1S/C10H9Cl2N3O/c1-5-2-3-6(10(12)9(5)11)15-8(16)4-7(13)14-15/h2-3H,4H2,1H3,(H2,13,14). The maximum atomic E-state index is 11.6. The van der Waals surface area contributed by atoms with Crippen LogP contribution in [0.3, 0.4) is 0 Å². The highest BCUT2D eigenvalue weighted by Gasteiger charge is 2.26. The number of anilines is 1. The minimum Gasteiger partial charge on any atom is -0.385 e. The van der Waals surface area contributed by atoms with E-state index in [4.69, 9.17) is 28.9 Å². The fourth-order valence-electron chi connectivity index (χ4n) is 1.44. The summed E-state index contributed by atoms with van der Waals surface area (Å²) in [6.07, 6.45) is 0.113. The third-order valence-electron chi connectivity index (χ3n) is 2.28. The Morgan fingerprint density at radius 1 is 1.38 bits per heavy atom. The lowest BCUT2D eigenvalue weighted by atomic mass is 10.2. The molecule has 16 heavy (non-hydrogen) atoms. The second-order valence-electron chi connectivity index (χ2n) is 3.50. The predicted molar refractivity (Wildman–Crippen MR) is 64.9 cm³/mol. The number of hydrogen-bond donors (Lipinski definition) is 1. The molecular weight excluding hydrogens is 249 g/mol. The first kappa shape index (κ1) is 11.2. The van der Waals surface area contributed by atoms with Crippen LogP contribution in [0, 0.1) is 6.92 Å². The van der Waals surface area contributed by atoms with Crippen LogP contribution in [0.5, 0.6) is 0 Å². The van der Waals surface area contributed by atoms with E-state index >= 15 is 0 Å². The van der Waals surface area contributed by atoms with Gasteiger partial charge >= 0.3 is 0 Å². The minimum absolute atomic E-state index is 0.113. The molecule has 0 spiro atoms. The first-order valence-corrected chi connectivity index (χ1v) is 5.37. The lowest BCUT2D eigenvalue weighted by Gasteiger charge is -2.14. The highest BCUT2D eigenvalue weighted by molar-refractivity contribution is 6.44. The second kappa shape index (κ2) is 3.96. The molecule has 1 aliphatic heterocycles. The first-order valence-electron chi connectivity index (χ1n) is 4.61. The Morgan fingerprint density at radius 3 is 2.62 bits per heavy atom. The Balaban J connectivity index is 2.50. The van der Waals surface area contributed by atoms with Gasteiger partial charge in [-0.05, 0) is 18.6 Å². The number of nitrogens with two attached hydrogens (primary N) is 1. The quantitative estimate of drug-likeness (QED) is 0.840. The summed E-state index contributed by atoms with van der Waals surface area (Å²) in [6, 6.07) is 3.48. The average molecular weight is 258 g/mol. The van der Waals surface area contributed by atoms with Gasteiger partial charge in [0.15, 0.2) is 0 Å². The molecule has 4 nitrogen and oxygen atoms in total. The fraction of sp³-hybridized carbons (Fsp3) is 0.200. The number of halogens is 2. The molecule has 0 fully saturated rings. The van der Waals surface area contributed by atoms with Crippen LogP contribution in [0.1, 0.15) is 12.0 Å². The predicted octanol–water partition coefficient (Wildman–Crippen LogP) is 2.31. The van der Waals surface area contributed by atoms with Gasteiger partial charge in [-0.15, -0.1) is 0 Å². The van der Waals surface area contributed by atoms with Gasteiger partial charge in [-0.25, -0.2) is 0 Å². The molecule has 84 valence electrons. The molecule has 0 aliphatic carbocycles. The molecule has 2 N–H and O–H groups in total. The minimum atomic E-state index is -0.209. The average Bonchev–Trinajstić information content (AvgIpc) is 2.55. The zero-order valence-corrected chi connectivity index (χ0v) is 10.0. The Kier molecular flexibility index (Phi) is 2.78. The van der Waals surface area contributed by atoms with Gasteiger partial charge in [-0.3, -0.25) is 4.79 Å². The van der Waals surface area contributed by atoms with Crippen molar-refractivity contribution in [1.82, 2.24) is 0 Å². The van der Waals surface area contributed by atoms with Gasteiger partial charge in [-0.2, -0.15) is 10.1 Å². The topological polar surface area (TPSA) is 58.7 Å². The fourth-order valence-corrected chi connectivity index (χ4v) is 1.89. The largest absolute Gasteiger partial charge is 0.385 e. The molecule has 0 saturated heterocycles. The molecule has 1 aliphatic rings. The number of carbonyl (C=O) groups excluding carboxylic acids is 1. The van der Waals surface area contributed by atoms with Crippen molar-refractivity contribution in [3.8, 4) is 0 Å². The summed E-state index contributed by atoms with van der Waals surface area (Å²) >= 11 is 12.1. The molecule has 0 radical (unpaired) electrons. The molecule has 2 rings (SSSR count). The van der Waals surface area contributed by atoms with E-state index in [1.165, 1.54) is 5.01 Å². The van der Waals surface area contributed by atoms with Gasteiger partial charge in [0.2, 0.25) is 0 Å². The summed E-state index contributed by atoms with van der Waals surface area (Å²) in [6.45, 7) is 1.83. The van der Waals surface area contributed by atoms with Crippen LogP contribution in [0.2, 0.25) is 10.0 Å². The van der Waals surface area contributed by atoms with E-state index < -0.39 is 0 Å². The van der Waals surface area contributed by atoms with Gasteiger partial charge in [0.25, 0.3) is 5.91 Å². The van der Waals surface area contributed by atoms with Crippen molar-refractivity contribution in [2.24, 2.45) is 10.8 Å². The van der Waals surface area contributed by atoms with E-state index in [-0.39, 0.29) is 18.2 Å². The van der Waals surface area contributed by atoms with Crippen LogP contribution in [0.25, 0.3) is 0 Å². The SMILES string of the molecule is Cc1ccc(N2N=C(N)CC2=O)c(Cl)c1Cl. The second-order valence-corrected chi connectivity index (χ2v) is 4.26. The third-order valence-corrected chi connectivity index (χ3v) is 3.25. The number of nitrogens with zero attached hydrogens (tertiary/aromatic N) is 2. The Hall–Kier alpha value is -1.26. The maximum absolute atomic E-state index is 11.6. The highest BCUT2D eigenvalue weighted by Crippen LogP contribution is 2.36. The summed E-state index contributed by atoms with van der Waals surface area (Å²) in [5, 5.41) is 5.83. The smallest absolute Gasteiger partial charge is 0.255 e. The van der Waals surface area contributed by atoms with Crippen LogP contribution in [0.15, 0.2) is 17.2 Å². The van der Waals surface area contributed by atoms with Crippen molar-refractivity contribution < 1.29 is 4.79 Å². The Labute approximate surface area is 103 Å². The van der Waals surface area contributed by atoms with Crippen molar-refractivity contribution in [1.29, 1.82) is 0 Å². The van der Waals surface area contributed by atoms with E-state index in [9.17, 15) is 4.79 Å². The van der Waals surface area contributed by atoms with Crippen LogP contribution in [0.4, 0.5) is 5.69 Å². The van der Waals surface area contributed by atoms with Crippen LogP contribution < -0.4 is 10.7 Å². The number of rotatable bonds is 1. The molecule has 0 saturated carbocycles. The van der Waals surface area contributed by atoms with E-state index in [2.05, 4.69) is 5.10 Å². The van der Waals surface area contributed by atoms with E-state index in [0.29, 0.717) is 15.7 Å². The Morgan fingerprint density at radius 2 is 2.06 bits per heavy atom. The number of carbonyl (C=O) groups is 1. The van der Waals surface area contributed by atoms with Crippen LogP contribution in [-0.2, 0) is 4.79 Å². The van der Waals surface area contributed by atoms with Crippen molar-refractivity contribution >= 4 is 40.6 Å². The monoisotopic (exact) mass is 257 g/mol. The van der Waals surface area contributed by atoms with Crippen molar-refractivity contribution in [2.75, 3.05) is 5.01 Å². The lowest BCUT2D eigenvalue weighted by Crippen LogP contribution is -2.20. The number of benzene rings is 1. The lowest BCUT2D eigenvalue weighted by molar-refractivity contribution is -0.116. The number of hydrogen-bond acceptors (Lipinski definition) is 3. The highest BCUT2D eigenvalue weighted by atomic mass is 35.5. The van der Waals surface area contributed by atoms with Crippen molar-refractivity contribution in [3.63, 3.8) is 0 Å². The maximum Gasteiger partial charge on any atom is 0.255 e. The normalized spacial score (nSPS) is 15.6. The first-order chi connectivity index (χ1) is 7.50. The molecule has 1 aromatic carbocycles. The molecule has 1 amide bonds. The van der Waals surface area contributed by atoms with E-state index in [1.807, 2.05) is 6.92 Å². The zero-order chi connectivity index (χ0) is 11.9. The molecule has 6 heteroatoms. The van der Waals surface area contributed by atoms with Gasteiger partial charge in [0.05, 0.1) is 22.2 Å². The molecular formula is C10H9Cl2N3O. The summed E-state index contributed by atoms with van der Waals surface area (Å²) < 4.78 is 0. The van der Waals surface area contributed by atoms with E-state index in [1.54, 1.807) is 12.1 Å². The van der Waals surface area contributed by atoms with Gasteiger partial charge in [-0.1, -0.05) is 29.3 Å². The van der Waals surface area contributed by atoms with E-state index in [0.717, 1.165) is 5.56 Å². The molecule has 1 heterocycles. The van der Waals surface area contributed by atoms with Crippen molar-refractivity contribution in [3.05, 3.63) is 27.7 Å². The Bertz CT molecular complexity index is 499. The number of amides is 1. The number of hydrazone groups is 1. The molecule has 0 bridgehead atoms. The van der Waals surface area contributed by atoms with Crippen molar-refractivity contribution in [2.45, 2.75) is 13.3 Å². The molecule has 1 aromatic rings. The summed E-state index contributed by atoms with van der Waals surface area (Å²) in [4.78, 5) is 11.6.